The lowest BCUT2D eigenvalue weighted by atomic mass is 9.97. The fourth-order valence-corrected chi connectivity index (χ4v) is 4.64. The summed E-state index contributed by atoms with van der Waals surface area (Å²) in [4.78, 5) is 30.1. The molecule has 186 valence electrons. The van der Waals surface area contributed by atoms with Crippen LogP contribution in [-0.4, -0.2) is 44.6 Å². The van der Waals surface area contributed by atoms with Crippen molar-refractivity contribution in [3.05, 3.63) is 72.4 Å². The molecule has 0 fully saturated rings. The van der Waals surface area contributed by atoms with Gasteiger partial charge in [0, 0.05) is 31.0 Å². The smallest absolute Gasteiger partial charge is 0.414 e. The summed E-state index contributed by atoms with van der Waals surface area (Å²) in [6, 6.07) is 16.6. The van der Waals surface area contributed by atoms with Crippen molar-refractivity contribution in [1.29, 1.82) is 5.26 Å². The Kier molecular flexibility index (Phi) is 6.22. The zero-order valence-corrected chi connectivity index (χ0v) is 21.4. The van der Waals surface area contributed by atoms with Gasteiger partial charge >= 0.3 is 6.09 Å². The third-order valence-electron chi connectivity index (χ3n) is 6.25. The molecule has 4 aromatic rings. The van der Waals surface area contributed by atoms with Gasteiger partial charge in [0.2, 0.25) is 0 Å². The summed E-state index contributed by atoms with van der Waals surface area (Å²) in [7, 11) is 0. The number of ether oxygens (including phenoxy) is 1. The van der Waals surface area contributed by atoms with E-state index in [0.29, 0.717) is 24.6 Å². The Labute approximate surface area is 215 Å². The molecule has 8 nitrogen and oxygen atoms in total. The summed E-state index contributed by atoms with van der Waals surface area (Å²) in [5.74, 6) is 0.678. The van der Waals surface area contributed by atoms with E-state index in [1.54, 1.807) is 12.4 Å². The summed E-state index contributed by atoms with van der Waals surface area (Å²) in [5.41, 5.74) is 3.79. The Bertz CT molecular complexity index is 1580. The van der Waals surface area contributed by atoms with Crippen molar-refractivity contribution in [3.63, 3.8) is 0 Å². The van der Waals surface area contributed by atoms with Crippen LogP contribution in [0.4, 0.5) is 10.6 Å². The number of amides is 1. The van der Waals surface area contributed by atoms with E-state index in [4.69, 9.17) is 9.72 Å². The molecule has 0 spiro atoms. The van der Waals surface area contributed by atoms with Gasteiger partial charge in [-0.05, 0) is 50.1 Å². The third-order valence-corrected chi connectivity index (χ3v) is 6.25. The molecule has 0 saturated heterocycles. The van der Waals surface area contributed by atoms with Crippen molar-refractivity contribution in [3.8, 4) is 17.3 Å². The first-order valence-electron chi connectivity index (χ1n) is 12.2. The summed E-state index contributed by atoms with van der Waals surface area (Å²) >= 11 is 0. The topological polar surface area (TPSA) is 95.2 Å². The number of nitriles is 1. The number of aryl methyl sites for hydroxylation is 1. The number of aromatic nitrogens is 3. The quantitative estimate of drug-likeness (QED) is 0.348. The minimum absolute atomic E-state index is 0.0710. The average molecular weight is 493 g/mol. The highest BCUT2D eigenvalue weighted by Gasteiger charge is 2.29. The standard InChI is InChI=1S/C29H28N6O2/c1-19-7-5-8-20-9-6-10-22(26(19)20)24-15-25-23(16-31-24)27(33-18-32-25)34-13-14-35(21(17-34)11-12-30)28(36)37-29(2,3)4/h5-10,15-18H,11,13-14H2,1-4H3. The molecule has 0 radical (unpaired) electrons. The van der Waals surface area contributed by atoms with Gasteiger partial charge in [0.15, 0.2) is 0 Å². The van der Waals surface area contributed by atoms with Gasteiger partial charge in [-0.15, -0.1) is 0 Å². The molecule has 0 unspecified atom stereocenters. The van der Waals surface area contributed by atoms with E-state index in [2.05, 4.69) is 53.3 Å². The van der Waals surface area contributed by atoms with Crippen LogP contribution in [-0.2, 0) is 4.74 Å². The molecule has 1 aliphatic rings. The second-order valence-electron chi connectivity index (χ2n) is 10.0. The number of anilines is 1. The number of nitrogens with zero attached hydrogens (tertiary/aromatic N) is 6. The number of carbonyl (C=O) groups excluding carboxylic acids is 1. The summed E-state index contributed by atoms with van der Waals surface area (Å²) in [5, 5.41) is 12.5. The largest absolute Gasteiger partial charge is 0.443 e. The normalized spacial score (nSPS) is 14.0. The number of fused-ring (bicyclic) bond motifs is 2. The highest BCUT2D eigenvalue weighted by atomic mass is 16.6. The second kappa shape index (κ2) is 9.51. The van der Waals surface area contributed by atoms with E-state index in [9.17, 15) is 10.1 Å². The Morgan fingerprint density at radius 3 is 2.65 bits per heavy atom. The number of hydrogen-bond acceptors (Lipinski definition) is 7. The molecule has 2 aromatic heterocycles. The SMILES string of the molecule is Cc1cccc2cccc(-c3cc4ncnc(N5C=C(CC#N)N(C(=O)OC(C)(C)C)CC5)c4cn3)c12. The van der Waals surface area contributed by atoms with E-state index >= 15 is 0 Å². The van der Waals surface area contributed by atoms with Crippen LogP contribution in [0, 0.1) is 18.3 Å². The maximum atomic E-state index is 12.7. The van der Waals surface area contributed by atoms with E-state index in [1.807, 2.05) is 37.8 Å². The molecule has 0 aliphatic carbocycles. The van der Waals surface area contributed by atoms with E-state index in [0.717, 1.165) is 22.2 Å². The maximum Gasteiger partial charge on any atom is 0.414 e. The highest BCUT2D eigenvalue weighted by molar-refractivity contribution is 6.00. The van der Waals surface area contributed by atoms with Crippen LogP contribution in [0.15, 0.2) is 66.9 Å². The van der Waals surface area contributed by atoms with Gasteiger partial charge in [0.05, 0.1) is 34.8 Å². The lowest BCUT2D eigenvalue weighted by Crippen LogP contribution is -2.44. The summed E-state index contributed by atoms with van der Waals surface area (Å²) in [6.45, 7) is 8.43. The van der Waals surface area contributed by atoms with Gasteiger partial charge in [0.25, 0.3) is 0 Å². The molecule has 0 N–H and O–H groups in total. The molecular formula is C29H28N6O2. The Morgan fingerprint density at radius 2 is 1.89 bits per heavy atom. The fraction of sp³-hybridized carbons (Fsp3) is 0.276. The zero-order chi connectivity index (χ0) is 26.2. The number of benzene rings is 2. The number of allylic oxidation sites excluding steroid dienone is 1. The van der Waals surface area contributed by atoms with Crippen LogP contribution >= 0.6 is 0 Å². The van der Waals surface area contributed by atoms with Crippen molar-refractivity contribution in [2.75, 3.05) is 18.0 Å². The van der Waals surface area contributed by atoms with Crippen molar-refractivity contribution >= 4 is 33.6 Å². The molecule has 1 amide bonds. The van der Waals surface area contributed by atoms with Gasteiger partial charge in [-0.25, -0.2) is 14.8 Å². The molecule has 8 heteroatoms. The molecule has 3 heterocycles. The van der Waals surface area contributed by atoms with Crippen LogP contribution in [0.5, 0.6) is 0 Å². The predicted molar refractivity (Wildman–Crippen MR) is 144 cm³/mol. The first kappa shape index (κ1) is 24.2. The monoisotopic (exact) mass is 492 g/mol. The molecule has 0 bridgehead atoms. The molecule has 0 saturated carbocycles. The van der Waals surface area contributed by atoms with Crippen LogP contribution in [0.3, 0.4) is 0 Å². The van der Waals surface area contributed by atoms with Gasteiger partial charge in [-0.2, -0.15) is 5.26 Å². The number of carbonyl (C=O) groups is 1. The van der Waals surface area contributed by atoms with Gasteiger partial charge in [-0.1, -0.05) is 36.4 Å². The fourth-order valence-electron chi connectivity index (χ4n) is 4.64. The van der Waals surface area contributed by atoms with Crippen LogP contribution < -0.4 is 4.90 Å². The van der Waals surface area contributed by atoms with Crippen molar-refractivity contribution < 1.29 is 9.53 Å². The van der Waals surface area contributed by atoms with Crippen LogP contribution in [0.25, 0.3) is 32.9 Å². The lowest BCUT2D eigenvalue weighted by molar-refractivity contribution is 0.0308. The van der Waals surface area contributed by atoms with Crippen molar-refractivity contribution in [1.82, 2.24) is 19.9 Å². The average Bonchev–Trinajstić information content (AvgIpc) is 2.87. The maximum absolute atomic E-state index is 12.7. The van der Waals surface area contributed by atoms with Crippen LogP contribution in [0.1, 0.15) is 32.8 Å². The summed E-state index contributed by atoms with van der Waals surface area (Å²) in [6.07, 6.45) is 4.74. The van der Waals surface area contributed by atoms with E-state index < -0.39 is 11.7 Å². The minimum atomic E-state index is -0.624. The third kappa shape index (κ3) is 4.81. The summed E-state index contributed by atoms with van der Waals surface area (Å²) < 4.78 is 5.54. The second-order valence-corrected chi connectivity index (χ2v) is 10.0. The van der Waals surface area contributed by atoms with E-state index in [-0.39, 0.29) is 6.42 Å². The minimum Gasteiger partial charge on any atom is -0.443 e. The predicted octanol–water partition coefficient (Wildman–Crippen LogP) is 5.97. The molecular weight excluding hydrogens is 464 g/mol. The van der Waals surface area contributed by atoms with Gasteiger partial charge in [0.1, 0.15) is 17.7 Å². The Hall–Kier alpha value is -4.51. The molecule has 0 atom stereocenters. The van der Waals surface area contributed by atoms with Crippen molar-refractivity contribution in [2.45, 2.75) is 39.7 Å². The van der Waals surface area contributed by atoms with Gasteiger partial charge in [-0.3, -0.25) is 9.88 Å². The Morgan fingerprint density at radius 1 is 1.11 bits per heavy atom. The lowest BCUT2D eigenvalue weighted by Gasteiger charge is -2.35. The molecule has 5 rings (SSSR count). The van der Waals surface area contributed by atoms with E-state index in [1.165, 1.54) is 27.6 Å². The van der Waals surface area contributed by atoms with Crippen molar-refractivity contribution in [2.24, 2.45) is 0 Å². The number of rotatable bonds is 3. The van der Waals surface area contributed by atoms with Gasteiger partial charge < -0.3 is 9.64 Å². The zero-order valence-electron chi connectivity index (χ0n) is 21.4. The molecule has 2 aromatic carbocycles. The first-order valence-corrected chi connectivity index (χ1v) is 12.2. The molecule has 37 heavy (non-hydrogen) atoms. The highest BCUT2D eigenvalue weighted by Crippen LogP contribution is 2.33. The number of hydrogen-bond donors (Lipinski definition) is 0. The van der Waals surface area contributed by atoms with Crippen LogP contribution in [0.2, 0.25) is 0 Å². The Balaban J connectivity index is 1.53. The first-order chi connectivity index (χ1) is 17.7. The number of pyridine rings is 1. The molecule has 1 aliphatic heterocycles.